The van der Waals surface area contributed by atoms with Gasteiger partial charge in [0.1, 0.15) is 11.0 Å². The molecule has 1 aromatic carbocycles. The number of nitrogens with zero attached hydrogens (tertiary/aromatic N) is 2. The maximum Gasteiger partial charge on any atom is 0.224 e. The third-order valence-corrected chi connectivity index (χ3v) is 2.36. The van der Waals surface area contributed by atoms with Gasteiger partial charge in [-0.25, -0.2) is 0 Å². The predicted octanol–water partition coefficient (Wildman–Crippen LogP) is 2.09. The topological polar surface area (TPSA) is 70.7 Å². The summed E-state index contributed by atoms with van der Waals surface area (Å²) in [6, 6.07) is 5.46. The monoisotopic (exact) mass is 218 g/mol. The van der Waals surface area contributed by atoms with E-state index in [1.54, 1.807) is 0 Å². The van der Waals surface area contributed by atoms with Crippen LogP contribution in [0.3, 0.4) is 0 Å². The molecule has 1 aromatic heterocycles. The first kappa shape index (κ1) is 10.6. The molecule has 0 atom stereocenters. The number of nitrogens with one attached hydrogen (secondary N) is 2. The number of amides is 1. The number of benzene rings is 1. The molecule has 2 aromatic rings. The van der Waals surface area contributed by atoms with E-state index in [2.05, 4.69) is 27.7 Å². The second-order valence-electron chi connectivity index (χ2n) is 3.68. The molecule has 0 radical (unpaired) electrons. The van der Waals surface area contributed by atoms with Gasteiger partial charge in [0.25, 0.3) is 0 Å². The van der Waals surface area contributed by atoms with E-state index in [0.29, 0.717) is 6.42 Å². The molecule has 16 heavy (non-hydrogen) atoms. The highest BCUT2D eigenvalue weighted by Crippen LogP contribution is 2.15. The van der Waals surface area contributed by atoms with E-state index in [-0.39, 0.29) is 5.91 Å². The molecule has 0 saturated heterocycles. The van der Waals surface area contributed by atoms with Crippen molar-refractivity contribution in [3.63, 3.8) is 0 Å². The largest absolute Gasteiger partial charge is 0.326 e. The Morgan fingerprint density at radius 2 is 2.19 bits per heavy atom. The molecule has 0 aliphatic carbocycles. The summed E-state index contributed by atoms with van der Waals surface area (Å²) in [6.45, 7) is 2.06. The standard InChI is InChI=1S/C11H14N4O/c1-2-3-4-11(16)12-8-5-6-9-10(7-8)14-15-13-9/h5-7H,2-4H2,1H3,(H,12,16)(H,13,14,15). The molecule has 5 heteroatoms. The number of carbonyl (C=O) groups is 1. The van der Waals surface area contributed by atoms with Crippen LogP contribution >= 0.6 is 0 Å². The van der Waals surface area contributed by atoms with E-state index in [9.17, 15) is 4.79 Å². The van der Waals surface area contributed by atoms with Gasteiger partial charge in [-0.2, -0.15) is 15.4 Å². The zero-order chi connectivity index (χ0) is 11.4. The lowest BCUT2D eigenvalue weighted by molar-refractivity contribution is -0.116. The van der Waals surface area contributed by atoms with E-state index in [4.69, 9.17) is 0 Å². The number of fused-ring (bicyclic) bond motifs is 1. The van der Waals surface area contributed by atoms with Gasteiger partial charge in [-0.3, -0.25) is 4.79 Å². The van der Waals surface area contributed by atoms with Crippen molar-refractivity contribution in [3.8, 4) is 0 Å². The molecule has 1 heterocycles. The second-order valence-corrected chi connectivity index (χ2v) is 3.68. The van der Waals surface area contributed by atoms with Gasteiger partial charge < -0.3 is 5.32 Å². The van der Waals surface area contributed by atoms with Crippen LogP contribution in [0.5, 0.6) is 0 Å². The molecule has 84 valence electrons. The van der Waals surface area contributed by atoms with Crippen LogP contribution in [0.2, 0.25) is 0 Å². The van der Waals surface area contributed by atoms with Gasteiger partial charge in [0.2, 0.25) is 5.91 Å². The van der Waals surface area contributed by atoms with Crippen molar-refractivity contribution in [2.45, 2.75) is 26.2 Å². The molecule has 0 fully saturated rings. The Labute approximate surface area is 93.2 Å². The third kappa shape index (κ3) is 2.36. The van der Waals surface area contributed by atoms with E-state index >= 15 is 0 Å². The van der Waals surface area contributed by atoms with Gasteiger partial charge in [0.05, 0.1) is 0 Å². The van der Waals surface area contributed by atoms with Gasteiger partial charge >= 0.3 is 0 Å². The first-order chi connectivity index (χ1) is 7.79. The Balaban J connectivity index is 2.06. The van der Waals surface area contributed by atoms with E-state index in [0.717, 1.165) is 29.6 Å². The summed E-state index contributed by atoms with van der Waals surface area (Å²) in [4.78, 5) is 11.5. The average Bonchev–Trinajstić information content (AvgIpc) is 2.73. The smallest absolute Gasteiger partial charge is 0.224 e. The molecule has 0 spiro atoms. The van der Waals surface area contributed by atoms with E-state index in [1.807, 2.05) is 18.2 Å². The van der Waals surface area contributed by atoms with Crippen molar-refractivity contribution in [1.29, 1.82) is 0 Å². The summed E-state index contributed by atoms with van der Waals surface area (Å²) in [5, 5.41) is 13.3. The van der Waals surface area contributed by atoms with Crippen molar-refractivity contribution >= 4 is 22.6 Å². The highest BCUT2D eigenvalue weighted by molar-refractivity contribution is 5.92. The number of hydrogen-bond donors (Lipinski definition) is 2. The molecule has 2 rings (SSSR count). The minimum atomic E-state index is 0.0460. The normalized spacial score (nSPS) is 10.6. The van der Waals surface area contributed by atoms with Crippen molar-refractivity contribution in [2.75, 3.05) is 5.32 Å². The molecule has 5 nitrogen and oxygen atoms in total. The van der Waals surface area contributed by atoms with Crippen LogP contribution in [-0.2, 0) is 4.79 Å². The Kier molecular flexibility index (Phi) is 3.14. The van der Waals surface area contributed by atoms with Crippen LogP contribution < -0.4 is 5.32 Å². The zero-order valence-electron chi connectivity index (χ0n) is 9.16. The summed E-state index contributed by atoms with van der Waals surface area (Å²) in [5.41, 5.74) is 2.32. The Hall–Kier alpha value is -1.91. The number of hydrogen-bond acceptors (Lipinski definition) is 3. The quantitative estimate of drug-likeness (QED) is 0.825. The molecule has 2 N–H and O–H groups in total. The number of rotatable bonds is 4. The van der Waals surface area contributed by atoms with Crippen molar-refractivity contribution in [3.05, 3.63) is 18.2 Å². The van der Waals surface area contributed by atoms with Gasteiger partial charge in [0.15, 0.2) is 0 Å². The van der Waals surface area contributed by atoms with Crippen LogP contribution in [-0.4, -0.2) is 21.3 Å². The van der Waals surface area contributed by atoms with E-state index < -0.39 is 0 Å². The first-order valence-electron chi connectivity index (χ1n) is 5.40. The molecule has 0 unspecified atom stereocenters. The Bertz CT molecular complexity index is 491. The summed E-state index contributed by atoms with van der Waals surface area (Å²) in [5.74, 6) is 0.0460. The number of unbranched alkanes of at least 4 members (excludes halogenated alkanes) is 1. The number of carbonyl (C=O) groups excluding carboxylic acids is 1. The van der Waals surface area contributed by atoms with Crippen LogP contribution in [0, 0.1) is 0 Å². The van der Waals surface area contributed by atoms with Crippen molar-refractivity contribution in [1.82, 2.24) is 15.4 Å². The maximum atomic E-state index is 11.5. The lowest BCUT2D eigenvalue weighted by Gasteiger charge is -2.03. The fourth-order valence-electron chi connectivity index (χ4n) is 1.48. The molecule has 1 amide bonds. The van der Waals surface area contributed by atoms with Crippen LogP contribution in [0.25, 0.3) is 11.0 Å². The summed E-state index contributed by atoms with van der Waals surface area (Å²) in [7, 11) is 0. The van der Waals surface area contributed by atoms with Crippen molar-refractivity contribution < 1.29 is 4.79 Å². The lowest BCUT2D eigenvalue weighted by atomic mass is 10.2. The van der Waals surface area contributed by atoms with Crippen molar-refractivity contribution in [2.24, 2.45) is 0 Å². The van der Waals surface area contributed by atoms with Gasteiger partial charge in [-0.1, -0.05) is 13.3 Å². The molecule has 0 saturated carbocycles. The minimum Gasteiger partial charge on any atom is -0.326 e. The lowest BCUT2D eigenvalue weighted by Crippen LogP contribution is -2.10. The summed E-state index contributed by atoms with van der Waals surface area (Å²) < 4.78 is 0. The van der Waals surface area contributed by atoms with E-state index in [1.165, 1.54) is 0 Å². The van der Waals surface area contributed by atoms with Gasteiger partial charge in [-0.05, 0) is 24.6 Å². The molecule has 0 aliphatic heterocycles. The molecule has 0 aliphatic rings. The zero-order valence-corrected chi connectivity index (χ0v) is 9.16. The highest BCUT2D eigenvalue weighted by Gasteiger charge is 2.03. The summed E-state index contributed by atoms with van der Waals surface area (Å²) in [6.07, 6.45) is 2.50. The Morgan fingerprint density at radius 1 is 1.38 bits per heavy atom. The SMILES string of the molecule is CCCCC(=O)Nc1ccc2n[nH]nc2c1. The fourth-order valence-corrected chi connectivity index (χ4v) is 1.48. The molecule has 0 bridgehead atoms. The van der Waals surface area contributed by atoms with Gasteiger partial charge in [0, 0.05) is 12.1 Å². The average molecular weight is 218 g/mol. The number of anilines is 1. The summed E-state index contributed by atoms with van der Waals surface area (Å²) >= 11 is 0. The first-order valence-corrected chi connectivity index (χ1v) is 5.40. The van der Waals surface area contributed by atoms with Crippen LogP contribution in [0.1, 0.15) is 26.2 Å². The molecular formula is C11H14N4O. The number of H-pyrrole nitrogens is 1. The fraction of sp³-hybridized carbons (Fsp3) is 0.364. The van der Waals surface area contributed by atoms with Gasteiger partial charge in [-0.15, -0.1) is 0 Å². The predicted molar refractivity (Wildman–Crippen MR) is 62.0 cm³/mol. The van der Waals surface area contributed by atoms with Crippen LogP contribution in [0.15, 0.2) is 18.2 Å². The number of aromatic nitrogens is 3. The Morgan fingerprint density at radius 3 is 3.00 bits per heavy atom. The maximum absolute atomic E-state index is 11.5. The molecular weight excluding hydrogens is 204 g/mol. The second kappa shape index (κ2) is 4.74. The third-order valence-electron chi connectivity index (χ3n) is 2.36. The van der Waals surface area contributed by atoms with Crippen LogP contribution in [0.4, 0.5) is 5.69 Å². The minimum absolute atomic E-state index is 0.0460. The highest BCUT2D eigenvalue weighted by atomic mass is 16.1. The number of aromatic amines is 1.